The van der Waals surface area contributed by atoms with Crippen molar-refractivity contribution in [3.05, 3.63) is 58.4 Å². The second-order valence-corrected chi connectivity index (χ2v) is 9.69. The van der Waals surface area contributed by atoms with Gasteiger partial charge in [-0.3, -0.25) is 29.0 Å². The standard InChI is InChI=1S/C25H23ClF3N5O5/c26-15-1-4-18(33-22(37)13-7-14(11-30-10-13)25(27,28)29)17(9-15)23(38)34-19(8-12-5-6-31-21(12)36)20(35)24(39)32-16-2-3-16/h1,4,7,9-12,16,19H,2-3,5-6,8H2,(H,31,36)(H,32,39)(H,33,37)(H,34,38)/t12-,19?/m0/s1. The van der Waals surface area contributed by atoms with E-state index in [0.717, 1.165) is 19.0 Å². The first kappa shape index (κ1) is 28.0. The minimum atomic E-state index is -4.72. The molecule has 1 aliphatic carbocycles. The van der Waals surface area contributed by atoms with Gasteiger partial charge < -0.3 is 21.3 Å². The number of alkyl halides is 3. The number of amides is 4. The lowest BCUT2D eigenvalue weighted by Crippen LogP contribution is -2.49. The fraction of sp³-hybridized carbons (Fsp3) is 0.360. The van der Waals surface area contributed by atoms with E-state index < -0.39 is 52.8 Å². The van der Waals surface area contributed by atoms with Crippen LogP contribution in [0.15, 0.2) is 36.7 Å². The van der Waals surface area contributed by atoms with Gasteiger partial charge in [0, 0.05) is 35.9 Å². The van der Waals surface area contributed by atoms with Gasteiger partial charge in [-0.1, -0.05) is 11.6 Å². The highest BCUT2D eigenvalue weighted by molar-refractivity contribution is 6.38. The number of aromatic nitrogens is 1. The SMILES string of the molecule is O=C(NC1CC1)C(=O)C(C[C@@H]1CCNC1=O)NC(=O)c1cc(Cl)ccc1NC(=O)c1cncc(C(F)(F)F)c1. The van der Waals surface area contributed by atoms with Gasteiger partial charge in [-0.15, -0.1) is 0 Å². The normalized spacial score (nSPS) is 17.6. The van der Waals surface area contributed by atoms with Gasteiger partial charge >= 0.3 is 6.18 Å². The molecule has 0 bridgehead atoms. The van der Waals surface area contributed by atoms with Crippen molar-refractivity contribution in [1.82, 2.24) is 20.9 Å². The number of hydrogen-bond donors (Lipinski definition) is 4. The number of ketones is 1. The van der Waals surface area contributed by atoms with E-state index in [1.165, 1.54) is 18.2 Å². The third-order valence-electron chi connectivity index (χ3n) is 6.24. The topological polar surface area (TPSA) is 146 Å². The molecule has 39 heavy (non-hydrogen) atoms. The quantitative estimate of drug-likeness (QED) is 0.344. The van der Waals surface area contributed by atoms with Crippen molar-refractivity contribution in [2.45, 2.75) is 43.9 Å². The number of pyridine rings is 1. The molecule has 1 saturated heterocycles. The number of nitrogens with zero attached hydrogens (tertiary/aromatic N) is 1. The number of carbonyl (C=O) groups is 5. The van der Waals surface area contributed by atoms with Crippen LogP contribution in [-0.4, -0.2) is 53.0 Å². The zero-order valence-electron chi connectivity index (χ0n) is 20.2. The molecule has 14 heteroatoms. The molecule has 2 atom stereocenters. The maximum absolute atomic E-state index is 13.3. The summed E-state index contributed by atoms with van der Waals surface area (Å²) in [5.74, 6) is -4.62. The Kier molecular flexibility index (Phi) is 8.19. The molecule has 1 aliphatic heterocycles. The number of halogens is 4. The van der Waals surface area contributed by atoms with Crippen LogP contribution in [-0.2, 0) is 20.6 Å². The summed E-state index contributed by atoms with van der Waals surface area (Å²) in [7, 11) is 0. The molecule has 2 heterocycles. The van der Waals surface area contributed by atoms with Gasteiger partial charge in [-0.2, -0.15) is 13.2 Å². The number of benzene rings is 1. The number of hydrogen-bond acceptors (Lipinski definition) is 6. The van der Waals surface area contributed by atoms with Crippen LogP contribution in [0.1, 0.15) is 52.0 Å². The Morgan fingerprint density at radius 1 is 1.08 bits per heavy atom. The van der Waals surface area contributed by atoms with Crippen molar-refractivity contribution >= 4 is 46.7 Å². The first-order chi connectivity index (χ1) is 18.4. The molecule has 4 N–H and O–H groups in total. The predicted octanol–water partition coefficient (Wildman–Crippen LogP) is 2.48. The predicted molar refractivity (Wildman–Crippen MR) is 132 cm³/mol. The van der Waals surface area contributed by atoms with Gasteiger partial charge in [0.1, 0.15) is 0 Å². The van der Waals surface area contributed by atoms with Crippen LogP contribution in [0.5, 0.6) is 0 Å². The first-order valence-corrected chi connectivity index (χ1v) is 12.4. The Balaban J connectivity index is 1.56. The first-order valence-electron chi connectivity index (χ1n) is 12.0. The summed E-state index contributed by atoms with van der Waals surface area (Å²) in [4.78, 5) is 67.0. The van der Waals surface area contributed by atoms with Crippen LogP contribution in [0.2, 0.25) is 5.02 Å². The molecule has 0 radical (unpaired) electrons. The molecular weight excluding hydrogens is 543 g/mol. The molecule has 2 aliphatic rings. The Labute approximate surface area is 225 Å². The Morgan fingerprint density at radius 2 is 1.82 bits per heavy atom. The van der Waals surface area contributed by atoms with Crippen LogP contribution in [0.4, 0.5) is 18.9 Å². The van der Waals surface area contributed by atoms with E-state index >= 15 is 0 Å². The molecule has 1 saturated carbocycles. The third kappa shape index (κ3) is 7.11. The van der Waals surface area contributed by atoms with E-state index in [2.05, 4.69) is 26.3 Å². The Morgan fingerprint density at radius 3 is 2.46 bits per heavy atom. The zero-order chi connectivity index (χ0) is 28.3. The summed E-state index contributed by atoms with van der Waals surface area (Å²) in [5, 5.41) is 10.1. The van der Waals surface area contributed by atoms with Gasteiger partial charge in [-0.25, -0.2) is 0 Å². The average molecular weight is 566 g/mol. The summed E-state index contributed by atoms with van der Waals surface area (Å²) >= 11 is 6.04. The van der Waals surface area contributed by atoms with Crippen LogP contribution >= 0.6 is 11.6 Å². The Hall–Kier alpha value is -4.00. The Bertz CT molecular complexity index is 1330. The highest BCUT2D eigenvalue weighted by Gasteiger charge is 2.36. The van der Waals surface area contributed by atoms with Gasteiger partial charge in [-0.05, 0) is 49.9 Å². The number of Topliss-reactive ketones (excluding diaryl/α,β-unsaturated/α-hetero) is 1. The molecule has 10 nitrogen and oxygen atoms in total. The lowest BCUT2D eigenvalue weighted by Gasteiger charge is -2.21. The van der Waals surface area contributed by atoms with Crippen LogP contribution in [0.25, 0.3) is 0 Å². The average Bonchev–Trinajstić information content (AvgIpc) is 3.62. The van der Waals surface area contributed by atoms with Crippen molar-refractivity contribution in [2.24, 2.45) is 5.92 Å². The van der Waals surface area contributed by atoms with E-state index in [9.17, 15) is 37.1 Å². The van der Waals surface area contributed by atoms with Crippen LogP contribution in [0, 0.1) is 5.92 Å². The van der Waals surface area contributed by atoms with Gasteiger partial charge in [0.05, 0.1) is 28.4 Å². The minimum Gasteiger partial charge on any atom is -0.356 e. The molecule has 2 aromatic rings. The van der Waals surface area contributed by atoms with Crippen molar-refractivity contribution in [2.75, 3.05) is 11.9 Å². The second kappa shape index (κ2) is 11.4. The van der Waals surface area contributed by atoms with Crippen LogP contribution in [0.3, 0.4) is 0 Å². The number of carbonyl (C=O) groups excluding carboxylic acids is 5. The molecule has 0 spiro atoms. The zero-order valence-corrected chi connectivity index (χ0v) is 21.0. The lowest BCUT2D eigenvalue weighted by atomic mass is 9.95. The molecule has 1 unspecified atom stereocenters. The highest BCUT2D eigenvalue weighted by atomic mass is 35.5. The maximum atomic E-state index is 13.3. The summed E-state index contributed by atoms with van der Waals surface area (Å²) in [6, 6.07) is 2.92. The van der Waals surface area contributed by atoms with Crippen molar-refractivity contribution in [3.63, 3.8) is 0 Å². The molecule has 2 fully saturated rings. The number of rotatable bonds is 9. The van der Waals surface area contributed by atoms with E-state index in [-0.39, 0.29) is 34.6 Å². The third-order valence-corrected chi connectivity index (χ3v) is 6.48. The van der Waals surface area contributed by atoms with Crippen LogP contribution < -0.4 is 21.3 Å². The monoisotopic (exact) mass is 565 g/mol. The molecule has 4 amide bonds. The summed E-state index contributed by atoms with van der Waals surface area (Å²) < 4.78 is 39.1. The molecule has 1 aromatic heterocycles. The highest BCUT2D eigenvalue weighted by Crippen LogP contribution is 2.29. The van der Waals surface area contributed by atoms with Crippen molar-refractivity contribution < 1.29 is 37.1 Å². The molecule has 206 valence electrons. The lowest BCUT2D eigenvalue weighted by molar-refractivity contribution is -0.139. The smallest absolute Gasteiger partial charge is 0.356 e. The number of nitrogens with one attached hydrogen (secondary N) is 4. The van der Waals surface area contributed by atoms with E-state index in [4.69, 9.17) is 11.6 Å². The molecular formula is C25H23ClF3N5O5. The second-order valence-electron chi connectivity index (χ2n) is 9.25. The van der Waals surface area contributed by atoms with Gasteiger partial charge in [0.2, 0.25) is 11.7 Å². The minimum absolute atomic E-state index is 0.0865. The number of anilines is 1. The molecule has 1 aromatic carbocycles. The fourth-order valence-corrected chi connectivity index (χ4v) is 4.16. The van der Waals surface area contributed by atoms with Gasteiger partial charge in [0.25, 0.3) is 17.7 Å². The summed E-state index contributed by atoms with van der Waals surface area (Å²) in [6.45, 7) is 0.390. The van der Waals surface area contributed by atoms with E-state index in [1.807, 2.05) is 0 Å². The van der Waals surface area contributed by atoms with E-state index in [0.29, 0.717) is 25.2 Å². The molecule has 4 rings (SSSR count). The summed E-state index contributed by atoms with van der Waals surface area (Å²) in [5.41, 5.74) is -1.88. The summed E-state index contributed by atoms with van der Waals surface area (Å²) in [6.07, 6.45) is -1.49. The van der Waals surface area contributed by atoms with Crippen molar-refractivity contribution in [3.8, 4) is 0 Å². The fourth-order valence-electron chi connectivity index (χ4n) is 3.99. The maximum Gasteiger partial charge on any atom is 0.417 e. The van der Waals surface area contributed by atoms with Crippen molar-refractivity contribution in [1.29, 1.82) is 0 Å². The largest absolute Gasteiger partial charge is 0.417 e. The van der Waals surface area contributed by atoms with Gasteiger partial charge in [0.15, 0.2) is 0 Å². The van der Waals surface area contributed by atoms with E-state index in [1.54, 1.807) is 0 Å².